The molecule has 0 bridgehead atoms. The van der Waals surface area contributed by atoms with E-state index in [0.29, 0.717) is 17.2 Å². The quantitative estimate of drug-likeness (QED) is 0.804. The van der Waals surface area contributed by atoms with E-state index in [0.717, 1.165) is 51.9 Å². The molecule has 0 unspecified atom stereocenters. The van der Waals surface area contributed by atoms with E-state index in [4.69, 9.17) is 0 Å². The number of aromatic nitrogens is 1. The first-order valence-corrected chi connectivity index (χ1v) is 9.11. The number of nitrogens with zero attached hydrogens (tertiary/aromatic N) is 3. The molecule has 0 aromatic carbocycles. The van der Waals surface area contributed by atoms with Crippen LogP contribution >= 0.6 is 0 Å². The third kappa shape index (κ3) is 4.56. The topological polar surface area (TPSA) is 53.5 Å². The van der Waals surface area contributed by atoms with Crippen molar-refractivity contribution < 1.29 is 9.59 Å². The molecular weight excluding hydrogens is 302 g/mol. The largest absolute Gasteiger partial charge is 0.339 e. The Morgan fingerprint density at radius 1 is 1.21 bits per heavy atom. The van der Waals surface area contributed by atoms with Gasteiger partial charge in [-0.2, -0.15) is 0 Å². The van der Waals surface area contributed by atoms with Gasteiger partial charge in [-0.15, -0.1) is 0 Å². The predicted octanol–water partition coefficient (Wildman–Crippen LogP) is 3.22. The smallest absolute Gasteiger partial charge is 0.272 e. The fourth-order valence-corrected chi connectivity index (χ4v) is 3.09. The van der Waals surface area contributed by atoms with Crippen molar-refractivity contribution in [2.75, 3.05) is 26.2 Å². The Hall–Kier alpha value is -1.91. The maximum Gasteiger partial charge on any atom is 0.272 e. The summed E-state index contributed by atoms with van der Waals surface area (Å²) in [5.41, 5.74) is 0.934. The Balaban J connectivity index is 2.12. The minimum Gasteiger partial charge on any atom is -0.339 e. The van der Waals surface area contributed by atoms with Crippen LogP contribution in [0.5, 0.6) is 0 Å². The number of carbonyl (C=O) groups is 2. The Bertz CT molecular complexity index is 559. The molecule has 1 saturated heterocycles. The number of carbonyl (C=O) groups excluding carboxylic acids is 2. The second kappa shape index (κ2) is 8.81. The lowest BCUT2D eigenvalue weighted by Crippen LogP contribution is -2.38. The van der Waals surface area contributed by atoms with Gasteiger partial charge in [0.15, 0.2) is 0 Å². The summed E-state index contributed by atoms with van der Waals surface area (Å²) in [7, 11) is 0. The van der Waals surface area contributed by atoms with Crippen molar-refractivity contribution >= 4 is 11.8 Å². The molecule has 1 aromatic rings. The van der Waals surface area contributed by atoms with E-state index in [1.54, 1.807) is 18.3 Å². The number of rotatable bonds is 6. The second-order valence-electron chi connectivity index (χ2n) is 6.70. The average molecular weight is 331 g/mol. The van der Waals surface area contributed by atoms with E-state index in [2.05, 4.69) is 25.8 Å². The van der Waals surface area contributed by atoms with Crippen LogP contribution in [0.4, 0.5) is 0 Å². The van der Waals surface area contributed by atoms with E-state index in [1.165, 1.54) is 0 Å². The second-order valence-corrected chi connectivity index (χ2v) is 6.70. The molecule has 1 fully saturated rings. The summed E-state index contributed by atoms with van der Waals surface area (Å²) < 4.78 is 0. The van der Waals surface area contributed by atoms with Crippen LogP contribution in [-0.2, 0) is 0 Å². The highest BCUT2D eigenvalue weighted by molar-refractivity contribution is 5.98. The van der Waals surface area contributed by atoms with Crippen molar-refractivity contribution in [2.45, 2.75) is 46.5 Å². The molecule has 0 spiro atoms. The van der Waals surface area contributed by atoms with Crippen molar-refractivity contribution in [3.63, 3.8) is 0 Å². The molecular formula is C19H29N3O2. The first-order valence-electron chi connectivity index (χ1n) is 9.11. The molecule has 2 amide bonds. The summed E-state index contributed by atoms with van der Waals surface area (Å²) in [4.78, 5) is 33.2. The van der Waals surface area contributed by atoms with E-state index in [-0.39, 0.29) is 11.8 Å². The molecule has 5 heteroatoms. The molecule has 2 heterocycles. The fraction of sp³-hybridized carbons (Fsp3) is 0.632. The Labute approximate surface area is 145 Å². The number of piperidine rings is 1. The van der Waals surface area contributed by atoms with Gasteiger partial charge in [0.05, 0.1) is 0 Å². The van der Waals surface area contributed by atoms with Gasteiger partial charge in [0.2, 0.25) is 0 Å². The maximum atomic E-state index is 12.7. The van der Waals surface area contributed by atoms with E-state index < -0.39 is 0 Å². The first-order chi connectivity index (χ1) is 11.6. The lowest BCUT2D eigenvalue weighted by atomic mass is 9.98. The van der Waals surface area contributed by atoms with Gasteiger partial charge < -0.3 is 9.80 Å². The third-order valence-corrected chi connectivity index (χ3v) is 4.57. The first kappa shape index (κ1) is 18.4. The summed E-state index contributed by atoms with van der Waals surface area (Å²) in [5.74, 6) is 0.608. The highest BCUT2D eigenvalue weighted by Gasteiger charge is 2.23. The lowest BCUT2D eigenvalue weighted by Gasteiger charge is -2.30. The highest BCUT2D eigenvalue weighted by atomic mass is 16.2. The summed E-state index contributed by atoms with van der Waals surface area (Å²) >= 11 is 0. The van der Waals surface area contributed by atoms with E-state index >= 15 is 0 Å². The van der Waals surface area contributed by atoms with Crippen molar-refractivity contribution in [3.05, 3.63) is 29.6 Å². The molecule has 0 atom stereocenters. The van der Waals surface area contributed by atoms with Crippen LogP contribution in [0.15, 0.2) is 18.3 Å². The van der Waals surface area contributed by atoms with E-state index in [9.17, 15) is 9.59 Å². The molecule has 0 saturated carbocycles. The van der Waals surface area contributed by atoms with Crippen molar-refractivity contribution in [1.82, 2.24) is 14.8 Å². The Morgan fingerprint density at radius 2 is 1.83 bits per heavy atom. The van der Waals surface area contributed by atoms with Crippen molar-refractivity contribution in [1.29, 1.82) is 0 Å². The van der Waals surface area contributed by atoms with Gasteiger partial charge in [0.25, 0.3) is 11.8 Å². The van der Waals surface area contributed by atoms with Crippen LogP contribution in [0.3, 0.4) is 0 Å². The zero-order valence-corrected chi connectivity index (χ0v) is 15.1. The summed E-state index contributed by atoms with van der Waals surface area (Å²) in [6.45, 7) is 9.36. The SMILES string of the molecule is CCCN(CCC)C(=O)c1cc(C(=O)N2CCC(C)CC2)ccn1. The standard InChI is InChI=1S/C19H29N3O2/c1-4-10-21(11-5-2)19(24)17-14-16(6-9-20-17)18(23)22-12-7-15(3)8-13-22/h6,9,14-15H,4-5,7-8,10-13H2,1-3H3. The molecule has 0 radical (unpaired) electrons. The van der Waals surface area contributed by atoms with Gasteiger partial charge in [-0.05, 0) is 43.7 Å². The molecule has 1 aliphatic rings. The number of pyridine rings is 1. The zero-order valence-electron chi connectivity index (χ0n) is 15.1. The van der Waals surface area contributed by atoms with Gasteiger partial charge in [-0.25, -0.2) is 0 Å². The molecule has 0 aliphatic carbocycles. The van der Waals surface area contributed by atoms with Gasteiger partial charge in [0, 0.05) is 37.9 Å². The minimum absolute atomic E-state index is 0.0101. The number of likely N-dealkylation sites (tertiary alicyclic amines) is 1. The van der Waals surface area contributed by atoms with Crippen molar-refractivity contribution in [3.8, 4) is 0 Å². The molecule has 132 valence electrons. The summed E-state index contributed by atoms with van der Waals surface area (Å²) in [6.07, 6.45) is 5.49. The number of hydrogen-bond acceptors (Lipinski definition) is 3. The molecule has 5 nitrogen and oxygen atoms in total. The monoisotopic (exact) mass is 331 g/mol. The van der Waals surface area contributed by atoms with Gasteiger partial charge in [-0.3, -0.25) is 14.6 Å². The maximum absolute atomic E-state index is 12.7. The van der Waals surface area contributed by atoms with Crippen LogP contribution < -0.4 is 0 Å². The zero-order chi connectivity index (χ0) is 17.5. The number of hydrogen-bond donors (Lipinski definition) is 0. The van der Waals surface area contributed by atoms with Crippen LogP contribution in [0.25, 0.3) is 0 Å². The minimum atomic E-state index is -0.0828. The third-order valence-electron chi connectivity index (χ3n) is 4.57. The lowest BCUT2D eigenvalue weighted by molar-refractivity contribution is 0.0697. The van der Waals surface area contributed by atoms with E-state index in [1.807, 2.05) is 9.80 Å². The van der Waals surface area contributed by atoms with Crippen LogP contribution in [0.1, 0.15) is 67.3 Å². The molecule has 2 rings (SSSR count). The van der Waals surface area contributed by atoms with Gasteiger partial charge in [0.1, 0.15) is 5.69 Å². The van der Waals surface area contributed by atoms with Crippen LogP contribution in [-0.4, -0.2) is 52.8 Å². The molecule has 24 heavy (non-hydrogen) atoms. The average Bonchev–Trinajstić information content (AvgIpc) is 2.61. The highest BCUT2D eigenvalue weighted by Crippen LogP contribution is 2.18. The number of amides is 2. The molecule has 0 N–H and O–H groups in total. The molecule has 1 aliphatic heterocycles. The van der Waals surface area contributed by atoms with Gasteiger partial charge in [-0.1, -0.05) is 20.8 Å². The normalized spacial score (nSPS) is 15.4. The van der Waals surface area contributed by atoms with Crippen LogP contribution in [0, 0.1) is 5.92 Å². The summed E-state index contributed by atoms with van der Waals surface area (Å²) in [6, 6.07) is 3.36. The fourth-order valence-electron chi connectivity index (χ4n) is 3.09. The van der Waals surface area contributed by atoms with Gasteiger partial charge >= 0.3 is 0 Å². The Kier molecular flexibility index (Phi) is 6.76. The summed E-state index contributed by atoms with van der Waals surface area (Å²) in [5, 5.41) is 0. The molecule has 1 aromatic heterocycles. The van der Waals surface area contributed by atoms with Crippen LogP contribution in [0.2, 0.25) is 0 Å². The Morgan fingerprint density at radius 3 is 2.42 bits per heavy atom. The van der Waals surface area contributed by atoms with Crippen molar-refractivity contribution in [2.24, 2.45) is 5.92 Å². The predicted molar refractivity (Wildman–Crippen MR) is 95.0 cm³/mol.